The van der Waals surface area contributed by atoms with Gasteiger partial charge in [-0.05, 0) is 68.6 Å². The Morgan fingerprint density at radius 1 is 0.727 bits per heavy atom. The second-order valence-electron chi connectivity index (χ2n) is 15.3. The summed E-state index contributed by atoms with van der Waals surface area (Å²) in [5.41, 5.74) is 0.522. The second kappa shape index (κ2) is 18.9. The van der Waals surface area contributed by atoms with E-state index < -0.39 is 96.0 Å². The average Bonchev–Trinajstić information content (AvgIpc) is 3.83. The average molecular weight is 770 g/mol. The number of phenols is 1. The zero-order chi connectivity index (χ0) is 40.6. The number of fused-ring (bicyclic) bond motifs is 2. The maximum atomic E-state index is 14.2. The highest BCUT2D eigenvalue weighted by Gasteiger charge is 2.43. The van der Waals surface area contributed by atoms with Crippen LogP contribution < -0.4 is 26.6 Å². The number of carboxylic acids is 1. The first-order chi connectivity index (χ1) is 26.0. The summed E-state index contributed by atoms with van der Waals surface area (Å²) in [7, 11) is 0. The molecule has 0 unspecified atom stereocenters. The van der Waals surface area contributed by atoms with Crippen molar-refractivity contribution in [2.75, 3.05) is 13.1 Å². The van der Waals surface area contributed by atoms with Gasteiger partial charge in [0.05, 0.1) is 6.42 Å². The van der Waals surface area contributed by atoms with Crippen LogP contribution in [0.3, 0.4) is 0 Å². The number of carbonyl (C=O) groups excluding carboxylic acids is 7. The molecule has 17 heteroatoms. The van der Waals surface area contributed by atoms with Gasteiger partial charge in [0.15, 0.2) is 0 Å². The summed E-state index contributed by atoms with van der Waals surface area (Å²) in [5.74, 6) is -6.71. The number of nitrogens with zero attached hydrogens (tertiary/aromatic N) is 2. The van der Waals surface area contributed by atoms with E-state index in [1.165, 1.54) is 28.9 Å². The molecule has 1 aromatic carbocycles. The van der Waals surface area contributed by atoms with Crippen LogP contribution in [-0.4, -0.2) is 123 Å². The van der Waals surface area contributed by atoms with Gasteiger partial charge in [-0.15, -0.1) is 0 Å². The molecule has 0 radical (unpaired) electrons. The lowest BCUT2D eigenvalue weighted by Crippen LogP contribution is -2.60. The van der Waals surface area contributed by atoms with Crippen LogP contribution >= 0.6 is 0 Å². The van der Waals surface area contributed by atoms with Crippen molar-refractivity contribution in [3.63, 3.8) is 0 Å². The Morgan fingerprint density at radius 3 is 1.80 bits per heavy atom. The number of carbonyl (C=O) groups is 8. The van der Waals surface area contributed by atoms with Gasteiger partial charge in [-0.3, -0.25) is 38.4 Å². The van der Waals surface area contributed by atoms with Gasteiger partial charge in [0.1, 0.15) is 48.0 Å². The van der Waals surface area contributed by atoms with Gasteiger partial charge in [-0.25, -0.2) is 0 Å². The Morgan fingerprint density at radius 2 is 1.25 bits per heavy atom. The van der Waals surface area contributed by atoms with Gasteiger partial charge in [-0.1, -0.05) is 46.2 Å². The molecule has 3 saturated heterocycles. The summed E-state index contributed by atoms with van der Waals surface area (Å²) in [6, 6.07) is -2.48. The summed E-state index contributed by atoms with van der Waals surface area (Å²) in [4.78, 5) is 112. The van der Waals surface area contributed by atoms with Crippen LogP contribution in [0.4, 0.5) is 0 Å². The van der Waals surface area contributed by atoms with Crippen molar-refractivity contribution in [1.82, 2.24) is 36.4 Å². The molecule has 1 aromatic rings. The molecule has 0 spiro atoms. The number of amides is 7. The van der Waals surface area contributed by atoms with Crippen LogP contribution in [0.2, 0.25) is 0 Å². The van der Waals surface area contributed by atoms with E-state index in [0.717, 1.165) is 0 Å². The molecule has 3 aliphatic rings. The highest BCUT2D eigenvalue weighted by atomic mass is 16.4. The topological polar surface area (TPSA) is 244 Å². The Hall–Kier alpha value is -5.22. The minimum Gasteiger partial charge on any atom is -0.508 e. The first-order valence-electron chi connectivity index (χ1n) is 19.1. The molecule has 3 fully saturated rings. The smallest absolute Gasteiger partial charge is 0.305 e. The lowest BCUT2D eigenvalue weighted by molar-refractivity contribution is -0.146. The number of hydrogen-bond acceptors (Lipinski definition) is 9. The van der Waals surface area contributed by atoms with E-state index in [0.29, 0.717) is 24.8 Å². The number of aliphatic carboxylic acids is 1. The SMILES string of the molecule is CC[C@H](C)[C@@H]1NC(=O)[C@@H](C)NC(=O)[C@H](CC(C)C)NC(=O)[C@@H]2CCCN2C(=O)[C@H](CC(=O)O)NC(=O)[C@@H](Cc2ccc(O)cc2)NC(=O)[C@H]2CCCN2C1=O. The molecule has 0 saturated carbocycles. The third-order valence-corrected chi connectivity index (χ3v) is 10.5. The molecule has 0 bridgehead atoms. The standard InChI is InChI=1S/C38H55N7O10/c1-6-21(4)31-38(55)45-16-8-10-29(45)36(53)41-26(18-23-11-13-24(46)14-12-23)34(51)42-27(19-30(47)48)37(54)44-15-7-9-28(44)35(52)40-25(17-20(2)3)33(50)39-22(5)32(49)43-31/h11-14,20-22,25-29,31,46H,6-10,15-19H2,1-5H3,(H,39,50)(H,40,52)(H,41,53)(H,42,51)(H,43,49)(H,47,48)/t21-,22+,25-,26+,27-,28-,29+,31-/m0/s1. The van der Waals surface area contributed by atoms with Crippen molar-refractivity contribution >= 4 is 47.3 Å². The maximum Gasteiger partial charge on any atom is 0.305 e. The van der Waals surface area contributed by atoms with Crippen molar-refractivity contribution < 1.29 is 48.6 Å². The van der Waals surface area contributed by atoms with E-state index in [4.69, 9.17) is 0 Å². The fourth-order valence-electron chi connectivity index (χ4n) is 7.29. The van der Waals surface area contributed by atoms with Crippen molar-refractivity contribution in [3.05, 3.63) is 29.8 Å². The van der Waals surface area contributed by atoms with Gasteiger partial charge >= 0.3 is 5.97 Å². The first-order valence-corrected chi connectivity index (χ1v) is 19.1. The minimum absolute atomic E-state index is 0.0337. The number of nitrogens with one attached hydrogen (secondary N) is 5. The Kier molecular flexibility index (Phi) is 14.6. The lowest BCUT2D eigenvalue weighted by Gasteiger charge is -2.33. The predicted octanol–water partition coefficient (Wildman–Crippen LogP) is -0.0589. The molecule has 8 atom stereocenters. The lowest BCUT2D eigenvalue weighted by atomic mass is 9.96. The van der Waals surface area contributed by atoms with Gasteiger partial charge in [0, 0.05) is 19.5 Å². The molecule has 302 valence electrons. The zero-order valence-electron chi connectivity index (χ0n) is 32.1. The Balaban J connectivity index is 1.77. The minimum atomic E-state index is -1.62. The van der Waals surface area contributed by atoms with Crippen LogP contribution in [0.1, 0.15) is 85.1 Å². The molecule has 0 aromatic heterocycles. The van der Waals surface area contributed by atoms with Crippen LogP contribution in [0.25, 0.3) is 0 Å². The number of rotatable bonds is 8. The molecule has 7 N–H and O–H groups in total. The molecule has 4 rings (SSSR count). The summed E-state index contributed by atoms with van der Waals surface area (Å²) in [6.45, 7) is 9.07. The zero-order valence-corrected chi connectivity index (χ0v) is 32.1. The molecule has 55 heavy (non-hydrogen) atoms. The molecular weight excluding hydrogens is 714 g/mol. The summed E-state index contributed by atoms with van der Waals surface area (Å²) >= 11 is 0. The van der Waals surface area contributed by atoms with Crippen molar-refractivity contribution in [2.24, 2.45) is 11.8 Å². The number of hydrogen-bond donors (Lipinski definition) is 7. The van der Waals surface area contributed by atoms with Gasteiger partial charge in [0.25, 0.3) is 0 Å². The van der Waals surface area contributed by atoms with Crippen LogP contribution in [0.5, 0.6) is 5.75 Å². The summed E-state index contributed by atoms with van der Waals surface area (Å²) in [6.07, 6.45) is 1.06. The van der Waals surface area contributed by atoms with Gasteiger partial charge in [-0.2, -0.15) is 0 Å². The van der Waals surface area contributed by atoms with Gasteiger partial charge < -0.3 is 46.6 Å². The molecule has 3 heterocycles. The summed E-state index contributed by atoms with van der Waals surface area (Å²) < 4.78 is 0. The normalized spacial score (nSPS) is 28.3. The molecular formula is C38H55N7O10. The van der Waals surface area contributed by atoms with Crippen LogP contribution in [-0.2, 0) is 44.8 Å². The number of phenolic OH excluding ortho intramolecular Hbond substituents is 1. The molecule has 0 aliphatic carbocycles. The third kappa shape index (κ3) is 10.9. The molecule has 7 amide bonds. The van der Waals surface area contributed by atoms with E-state index in [9.17, 15) is 48.6 Å². The van der Waals surface area contributed by atoms with Crippen LogP contribution in [0, 0.1) is 11.8 Å². The van der Waals surface area contributed by atoms with E-state index in [1.54, 1.807) is 19.1 Å². The number of carboxylic acid groups (broad SMARTS) is 1. The highest BCUT2D eigenvalue weighted by Crippen LogP contribution is 2.24. The Labute approximate surface area is 320 Å². The second-order valence-corrected chi connectivity index (χ2v) is 15.3. The van der Waals surface area contributed by atoms with Crippen LogP contribution in [0.15, 0.2) is 24.3 Å². The van der Waals surface area contributed by atoms with E-state index >= 15 is 0 Å². The van der Waals surface area contributed by atoms with Crippen molar-refractivity contribution in [3.8, 4) is 5.75 Å². The fourth-order valence-corrected chi connectivity index (χ4v) is 7.29. The van der Waals surface area contributed by atoms with E-state index in [1.807, 2.05) is 20.8 Å². The largest absolute Gasteiger partial charge is 0.508 e. The molecule has 3 aliphatic heterocycles. The van der Waals surface area contributed by atoms with E-state index in [2.05, 4.69) is 26.6 Å². The summed E-state index contributed by atoms with van der Waals surface area (Å²) in [5, 5.41) is 33.0. The third-order valence-electron chi connectivity index (χ3n) is 10.5. The Bertz CT molecular complexity index is 1620. The number of aromatic hydroxyl groups is 1. The fraction of sp³-hybridized carbons (Fsp3) is 0.632. The predicted molar refractivity (Wildman–Crippen MR) is 198 cm³/mol. The maximum absolute atomic E-state index is 14.2. The number of benzene rings is 1. The molecule has 17 nitrogen and oxygen atoms in total. The van der Waals surface area contributed by atoms with Gasteiger partial charge in [0.2, 0.25) is 41.4 Å². The quantitative estimate of drug-likeness (QED) is 0.186. The van der Waals surface area contributed by atoms with Crippen molar-refractivity contribution in [1.29, 1.82) is 0 Å². The highest BCUT2D eigenvalue weighted by molar-refractivity contribution is 5.99. The van der Waals surface area contributed by atoms with E-state index in [-0.39, 0.29) is 56.4 Å². The monoisotopic (exact) mass is 769 g/mol. The first kappa shape index (κ1) is 42.5. The van der Waals surface area contributed by atoms with Crippen molar-refractivity contribution in [2.45, 2.75) is 128 Å².